The van der Waals surface area contributed by atoms with Crippen molar-refractivity contribution in [3.05, 3.63) is 48.0 Å². The third-order valence-electron chi connectivity index (χ3n) is 5.93. The van der Waals surface area contributed by atoms with Crippen molar-refractivity contribution in [2.24, 2.45) is 0 Å². The summed E-state index contributed by atoms with van der Waals surface area (Å²) in [5.74, 6) is -2.63. The van der Waals surface area contributed by atoms with Crippen LogP contribution in [0.1, 0.15) is 57.4 Å². The smallest absolute Gasteiger partial charge is 0.493 e. The predicted octanol–water partition coefficient (Wildman–Crippen LogP) is 8.48. The SMILES string of the molecule is CCCCCc1ccc(-c2cc3ccc(OCCCC(F)(F)CCCOC=O)cc3o2)c(OC(F)(F)F)c1. The Morgan fingerprint density at radius 2 is 1.66 bits per heavy atom. The predicted molar refractivity (Wildman–Crippen MR) is 132 cm³/mol. The lowest BCUT2D eigenvalue weighted by Gasteiger charge is -2.16. The summed E-state index contributed by atoms with van der Waals surface area (Å²) in [7, 11) is 0. The van der Waals surface area contributed by atoms with E-state index in [1.165, 1.54) is 6.07 Å². The Kier molecular flexibility index (Phi) is 10.4. The normalized spacial score (nSPS) is 12.1. The molecule has 0 N–H and O–H groups in total. The van der Waals surface area contributed by atoms with Crippen LogP contribution >= 0.6 is 0 Å². The highest BCUT2D eigenvalue weighted by atomic mass is 19.4. The Morgan fingerprint density at radius 1 is 0.895 bits per heavy atom. The summed E-state index contributed by atoms with van der Waals surface area (Å²) in [5.41, 5.74) is 1.29. The molecule has 0 aliphatic rings. The Morgan fingerprint density at radius 3 is 2.37 bits per heavy atom. The number of rotatable bonds is 16. The maximum atomic E-state index is 13.9. The van der Waals surface area contributed by atoms with E-state index in [2.05, 4.69) is 16.4 Å². The fourth-order valence-corrected chi connectivity index (χ4v) is 4.06. The van der Waals surface area contributed by atoms with Crippen LogP contribution < -0.4 is 9.47 Å². The van der Waals surface area contributed by atoms with Crippen LogP contribution in [0.15, 0.2) is 46.9 Å². The van der Waals surface area contributed by atoms with Gasteiger partial charge in [-0.15, -0.1) is 13.2 Å². The van der Waals surface area contributed by atoms with E-state index in [4.69, 9.17) is 9.15 Å². The van der Waals surface area contributed by atoms with E-state index >= 15 is 0 Å². The summed E-state index contributed by atoms with van der Waals surface area (Å²) in [6.45, 7) is 2.27. The lowest BCUT2D eigenvalue weighted by atomic mass is 10.0. The van der Waals surface area contributed by atoms with Crippen molar-refractivity contribution in [1.29, 1.82) is 0 Å². The van der Waals surface area contributed by atoms with Crippen LogP contribution in [0.5, 0.6) is 11.5 Å². The number of carbonyl (C=O) groups excluding carboxylic acids is 1. The summed E-state index contributed by atoms with van der Waals surface area (Å²) < 4.78 is 87.3. The van der Waals surface area contributed by atoms with Crippen molar-refractivity contribution in [3.8, 4) is 22.8 Å². The first-order chi connectivity index (χ1) is 18.1. The second-order valence-corrected chi connectivity index (χ2v) is 9.02. The molecule has 0 atom stereocenters. The average molecular weight is 543 g/mol. The van der Waals surface area contributed by atoms with Crippen molar-refractivity contribution in [2.75, 3.05) is 13.2 Å². The van der Waals surface area contributed by atoms with E-state index in [1.807, 2.05) is 0 Å². The van der Waals surface area contributed by atoms with Crippen LogP contribution in [0.25, 0.3) is 22.3 Å². The first-order valence-electron chi connectivity index (χ1n) is 12.6. The lowest BCUT2D eigenvalue weighted by Crippen LogP contribution is -2.18. The molecule has 3 rings (SSSR count). The molecule has 1 heterocycles. The van der Waals surface area contributed by atoms with Gasteiger partial charge in [0, 0.05) is 24.3 Å². The first-order valence-corrected chi connectivity index (χ1v) is 12.6. The van der Waals surface area contributed by atoms with Gasteiger partial charge in [0.05, 0.1) is 18.8 Å². The summed E-state index contributed by atoms with van der Waals surface area (Å²) in [4.78, 5) is 10.1. The van der Waals surface area contributed by atoms with Gasteiger partial charge in [0.15, 0.2) is 0 Å². The van der Waals surface area contributed by atoms with Gasteiger partial charge in [0.25, 0.3) is 6.47 Å². The number of furan rings is 1. The number of hydrogen-bond acceptors (Lipinski definition) is 5. The minimum absolute atomic E-state index is 0.0442. The van der Waals surface area contributed by atoms with Gasteiger partial charge in [-0.05, 0) is 61.6 Å². The summed E-state index contributed by atoms with van der Waals surface area (Å²) in [6.07, 6.45) is -1.96. The number of ether oxygens (including phenoxy) is 3. The molecule has 0 unspecified atom stereocenters. The van der Waals surface area contributed by atoms with Gasteiger partial charge in [0.1, 0.15) is 22.8 Å². The molecule has 208 valence electrons. The van der Waals surface area contributed by atoms with Gasteiger partial charge < -0.3 is 18.6 Å². The van der Waals surface area contributed by atoms with Crippen molar-refractivity contribution in [1.82, 2.24) is 0 Å². The standard InChI is InChI=1S/C28H31F5O5/c1-2-3-4-7-20-8-11-23(26(16-20)38-28(31,32)33)25-17-21-9-10-22(18-24(21)37-25)36-15-6-13-27(29,30)12-5-14-35-19-34/h8-11,16-19H,2-7,12-15H2,1H3. The fourth-order valence-electron chi connectivity index (χ4n) is 4.06. The largest absolute Gasteiger partial charge is 0.573 e. The van der Waals surface area contributed by atoms with Crippen molar-refractivity contribution >= 4 is 17.4 Å². The zero-order valence-electron chi connectivity index (χ0n) is 21.1. The van der Waals surface area contributed by atoms with Gasteiger partial charge in [-0.3, -0.25) is 4.79 Å². The van der Waals surface area contributed by atoms with E-state index in [-0.39, 0.29) is 62.4 Å². The van der Waals surface area contributed by atoms with Crippen molar-refractivity contribution in [2.45, 2.75) is 70.6 Å². The molecule has 38 heavy (non-hydrogen) atoms. The lowest BCUT2D eigenvalue weighted by molar-refractivity contribution is -0.274. The van der Waals surface area contributed by atoms with Gasteiger partial charge in [0.2, 0.25) is 5.92 Å². The molecular weight excluding hydrogens is 511 g/mol. The maximum absolute atomic E-state index is 13.9. The molecule has 1 aromatic heterocycles. The number of carbonyl (C=O) groups is 1. The van der Waals surface area contributed by atoms with E-state index in [1.54, 1.807) is 36.4 Å². The molecule has 2 aromatic carbocycles. The van der Waals surface area contributed by atoms with Crippen LogP contribution in [0, 0.1) is 0 Å². The van der Waals surface area contributed by atoms with Crippen molar-refractivity contribution in [3.63, 3.8) is 0 Å². The number of alkyl halides is 5. The monoisotopic (exact) mass is 542 g/mol. The molecule has 5 nitrogen and oxygen atoms in total. The highest BCUT2D eigenvalue weighted by Gasteiger charge is 2.33. The van der Waals surface area contributed by atoms with E-state index < -0.39 is 12.3 Å². The highest BCUT2D eigenvalue weighted by Crippen LogP contribution is 2.38. The van der Waals surface area contributed by atoms with E-state index in [0.717, 1.165) is 24.8 Å². The molecule has 0 saturated carbocycles. The number of halogens is 5. The topological polar surface area (TPSA) is 57.9 Å². The zero-order valence-corrected chi connectivity index (χ0v) is 21.1. The fraction of sp³-hybridized carbons (Fsp3) is 0.464. The average Bonchev–Trinajstić information content (AvgIpc) is 3.27. The summed E-state index contributed by atoms with van der Waals surface area (Å²) in [6, 6.07) is 11.2. The van der Waals surface area contributed by atoms with Gasteiger partial charge >= 0.3 is 6.36 Å². The molecule has 0 bridgehead atoms. The molecule has 10 heteroatoms. The van der Waals surface area contributed by atoms with Gasteiger partial charge in [-0.25, -0.2) is 8.78 Å². The third kappa shape index (κ3) is 9.22. The van der Waals surface area contributed by atoms with Crippen molar-refractivity contribution < 1.29 is 45.4 Å². The van der Waals surface area contributed by atoms with Crippen LogP contribution in [0.3, 0.4) is 0 Å². The number of aryl methyl sites for hydroxylation is 1. The number of fused-ring (bicyclic) bond motifs is 1. The van der Waals surface area contributed by atoms with Gasteiger partial charge in [-0.1, -0.05) is 25.8 Å². The molecule has 0 radical (unpaired) electrons. The second-order valence-electron chi connectivity index (χ2n) is 9.02. The number of benzene rings is 2. The molecule has 0 fully saturated rings. The molecule has 0 spiro atoms. The van der Waals surface area contributed by atoms with Crippen LogP contribution in [0.4, 0.5) is 22.0 Å². The van der Waals surface area contributed by atoms with E-state index in [9.17, 15) is 26.7 Å². The Hall–Kier alpha value is -3.30. The molecule has 0 aliphatic carbocycles. The molecule has 3 aromatic rings. The summed E-state index contributed by atoms with van der Waals surface area (Å²) in [5, 5.41) is 0.640. The minimum Gasteiger partial charge on any atom is -0.493 e. The van der Waals surface area contributed by atoms with Gasteiger partial charge in [-0.2, -0.15) is 0 Å². The maximum Gasteiger partial charge on any atom is 0.573 e. The molecular formula is C28H31F5O5. The molecule has 0 saturated heterocycles. The first kappa shape index (κ1) is 29.3. The Bertz CT molecular complexity index is 1170. The zero-order chi connectivity index (χ0) is 27.6. The second kappa shape index (κ2) is 13.5. The van der Waals surface area contributed by atoms with E-state index in [0.29, 0.717) is 23.1 Å². The number of unbranched alkanes of at least 4 members (excludes halogenated alkanes) is 2. The quantitative estimate of drug-likeness (QED) is 0.103. The van der Waals surface area contributed by atoms with Crippen LogP contribution in [-0.2, 0) is 16.0 Å². The molecule has 0 aliphatic heterocycles. The minimum atomic E-state index is -4.86. The number of hydrogen-bond donors (Lipinski definition) is 0. The highest BCUT2D eigenvalue weighted by molar-refractivity contribution is 5.85. The van der Waals surface area contributed by atoms with Crippen LogP contribution in [-0.4, -0.2) is 32.0 Å². The Balaban J connectivity index is 1.67. The summed E-state index contributed by atoms with van der Waals surface area (Å²) >= 11 is 0. The third-order valence-corrected chi connectivity index (χ3v) is 5.93. The molecule has 0 amide bonds. The van der Waals surface area contributed by atoms with Crippen LogP contribution in [0.2, 0.25) is 0 Å². The Labute approximate surface area is 217 Å².